The predicted octanol–water partition coefficient (Wildman–Crippen LogP) is 4.59. The van der Waals surface area contributed by atoms with Crippen molar-refractivity contribution in [2.75, 3.05) is 35.8 Å². The zero-order valence-corrected chi connectivity index (χ0v) is 22.5. The van der Waals surface area contributed by atoms with Crippen molar-refractivity contribution >= 4 is 39.6 Å². The zero-order chi connectivity index (χ0) is 27.4. The Balaban J connectivity index is 1.31. The molecule has 5 aromatic rings. The van der Waals surface area contributed by atoms with Crippen LogP contribution in [0.2, 0.25) is 0 Å². The first-order valence-corrected chi connectivity index (χ1v) is 13.3. The van der Waals surface area contributed by atoms with Crippen LogP contribution in [0.5, 0.6) is 0 Å². The van der Waals surface area contributed by atoms with Gasteiger partial charge in [-0.15, -0.1) is 0 Å². The molecule has 3 N–H and O–H groups in total. The summed E-state index contributed by atoms with van der Waals surface area (Å²) in [5, 5.41) is 12.1. The zero-order valence-electron chi connectivity index (χ0n) is 22.5. The summed E-state index contributed by atoms with van der Waals surface area (Å²) in [6, 6.07) is 11.9. The number of nitrogens with zero attached hydrogens (tertiary/aromatic N) is 6. The fraction of sp³-hybridized carbons (Fsp3) is 0.276. The molecule has 2 aliphatic heterocycles. The molecule has 0 amide bonds. The van der Waals surface area contributed by atoms with E-state index in [2.05, 4.69) is 48.3 Å². The van der Waals surface area contributed by atoms with E-state index in [-0.39, 0.29) is 11.6 Å². The first-order valence-electron chi connectivity index (χ1n) is 13.3. The molecule has 1 aromatic carbocycles. The molecule has 11 heteroatoms. The number of aryl methyl sites for hydroxylation is 2. The molecule has 0 aliphatic carbocycles. The SMILES string of the molecule is Cc1cc(Nc2cc(Nc3cccc4c3N(C)Cc3c-4cnn3[C@H]3CCOC3)c3c(=O)[nH]ccc3n2)nc(C)n1. The van der Waals surface area contributed by atoms with Gasteiger partial charge in [0.15, 0.2) is 0 Å². The second-order valence-electron chi connectivity index (χ2n) is 10.3. The molecule has 2 aliphatic rings. The maximum Gasteiger partial charge on any atom is 0.259 e. The predicted molar refractivity (Wildman–Crippen MR) is 155 cm³/mol. The summed E-state index contributed by atoms with van der Waals surface area (Å²) in [5.41, 5.74) is 7.19. The second-order valence-corrected chi connectivity index (χ2v) is 10.3. The third kappa shape index (κ3) is 4.15. The monoisotopic (exact) mass is 535 g/mol. The highest BCUT2D eigenvalue weighted by Gasteiger charge is 2.30. The molecule has 11 nitrogen and oxygen atoms in total. The van der Waals surface area contributed by atoms with Crippen LogP contribution in [-0.2, 0) is 11.3 Å². The minimum atomic E-state index is -0.215. The molecule has 0 spiro atoms. The van der Waals surface area contributed by atoms with E-state index in [1.165, 1.54) is 5.69 Å². The molecule has 0 bridgehead atoms. The number of pyridine rings is 2. The Kier molecular flexibility index (Phi) is 5.74. The maximum absolute atomic E-state index is 13.0. The average Bonchev–Trinajstić information content (AvgIpc) is 3.58. The molecule has 0 saturated carbocycles. The Labute approximate surface area is 230 Å². The topological polar surface area (TPSA) is 126 Å². The standard InChI is InChI=1S/C29H29N9O2/c1-16-11-25(33-17(2)32-16)36-26-12-23(27-21(35-26)7-9-30-29(27)39)34-22-6-4-5-19-20-13-31-38(18-8-10-40-15-18)24(20)14-37(3)28(19)22/h4-7,9,11-13,18H,8,10,14-15H2,1-3H3,(H,30,39)(H2,32,33,34,35,36)/t18-/m0/s1. The number of benzene rings is 1. The minimum Gasteiger partial charge on any atom is -0.379 e. The van der Waals surface area contributed by atoms with E-state index in [1.807, 2.05) is 44.3 Å². The molecule has 7 rings (SSSR count). The van der Waals surface area contributed by atoms with Gasteiger partial charge in [0.1, 0.15) is 17.5 Å². The first kappa shape index (κ1) is 24.3. The van der Waals surface area contributed by atoms with Crippen LogP contribution in [0.25, 0.3) is 22.0 Å². The molecule has 1 atom stereocenters. The van der Waals surface area contributed by atoms with Gasteiger partial charge >= 0.3 is 0 Å². The Bertz CT molecular complexity index is 1800. The van der Waals surface area contributed by atoms with E-state index < -0.39 is 0 Å². The van der Waals surface area contributed by atoms with Crippen LogP contribution in [0.4, 0.5) is 28.7 Å². The van der Waals surface area contributed by atoms with Crippen LogP contribution in [0.1, 0.15) is 29.7 Å². The van der Waals surface area contributed by atoms with E-state index >= 15 is 0 Å². The highest BCUT2D eigenvalue weighted by Crippen LogP contribution is 2.45. The number of aromatic nitrogens is 6. The van der Waals surface area contributed by atoms with Crippen molar-refractivity contribution in [3.05, 3.63) is 76.4 Å². The average molecular weight is 536 g/mol. The number of anilines is 5. The van der Waals surface area contributed by atoms with Crippen LogP contribution < -0.4 is 21.1 Å². The van der Waals surface area contributed by atoms with E-state index in [4.69, 9.17) is 14.8 Å². The van der Waals surface area contributed by atoms with Crippen LogP contribution in [0, 0.1) is 13.8 Å². The number of ether oxygens (including phenoxy) is 1. The quantitative estimate of drug-likeness (QED) is 0.296. The van der Waals surface area contributed by atoms with Crippen molar-refractivity contribution in [3.8, 4) is 11.1 Å². The lowest BCUT2D eigenvalue weighted by Crippen LogP contribution is -2.26. The Morgan fingerprint density at radius 2 is 1.90 bits per heavy atom. The summed E-state index contributed by atoms with van der Waals surface area (Å²) in [4.78, 5) is 31.5. The van der Waals surface area contributed by atoms with Gasteiger partial charge in [-0.05, 0) is 32.4 Å². The van der Waals surface area contributed by atoms with E-state index in [0.29, 0.717) is 47.2 Å². The van der Waals surface area contributed by atoms with Gasteiger partial charge in [0.25, 0.3) is 5.56 Å². The van der Waals surface area contributed by atoms with E-state index in [1.54, 1.807) is 12.3 Å². The number of nitrogens with one attached hydrogen (secondary N) is 3. The minimum absolute atomic E-state index is 0.215. The fourth-order valence-corrected chi connectivity index (χ4v) is 5.79. The van der Waals surface area contributed by atoms with Crippen molar-refractivity contribution in [1.82, 2.24) is 29.7 Å². The summed E-state index contributed by atoms with van der Waals surface area (Å²) in [6.07, 6.45) is 4.54. The molecule has 40 heavy (non-hydrogen) atoms. The molecule has 1 saturated heterocycles. The number of H-pyrrole nitrogens is 1. The molecule has 0 unspecified atom stereocenters. The number of hydrogen-bond donors (Lipinski definition) is 3. The van der Waals surface area contributed by atoms with Crippen molar-refractivity contribution in [2.24, 2.45) is 0 Å². The summed E-state index contributed by atoms with van der Waals surface area (Å²) in [5.74, 6) is 1.88. The molecule has 0 radical (unpaired) electrons. The second kappa shape index (κ2) is 9.45. The van der Waals surface area contributed by atoms with Crippen molar-refractivity contribution in [1.29, 1.82) is 0 Å². The summed E-state index contributed by atoms with van der Waals surface area (Å²) in [7, 11) is 2.08. The Hall–Kier alpha value is -4.77. The third-order valence-electron chi connectivity index (χ3n) is 7.47. The summed E-state index contributed by atoms with van der Waals surface area (Å²) >= 11 is 0. The van der Waals surface area contributed by atoms with Crippen molar-refractivity contribution in [2.45, 2.75) is 32.9 Å². The highest BCUT2D eigenvalue weighted by molar-refractivity contribution is 5.98. The molecular formula is C29H29N9O2. The van der Waals surface area contributed by atoms with Crippen molar-refractivity contribution in [3.63, 3.8) is 0 Å². The maximum atomic E-state index is 13.0. The van der Waals surface area contributed by atoms with Gasteiger partial charge in [-0.2, -0.15) is 5.10 Å². The number of para-hydroxylation sites is 1. The lowest BCUT2D eigenvalue weighted by atomic mass is 9.97. The lowest BCUT2D eigenvalue weighted by molar-refractivity contribution is 0.184. The molecule has 202 valence electrons. The largest absolute Gasteiger partial charge is 0.379 e. The van der Waals surface area contributed by atoms with Crippen molar-refractivity contribution < 1.29 is 4.74 Å². The Morgan fingerprint density at radius 1 is 1.02 bits per heavy atom. The van der Waals surface area contributed by atoms with Crippen LogP contribution >= 0.6 is 0 Å². The highest BCUT2D eigenvalue weighted by atomic mass is 16.5. The smallest absolute Gasteiger partial charge is 0.259 e. The fourth-order valence-electron chi connectivity index (χ4n) is 5.79. The van der Waals surface area contributed by atoms with Gasteiger partial charge < -0.3 is 25.3 Å². The number of hydrogen-bond acceptors (Lipinski definition) is 9. The normalized spacial score (nSPS) is 16.2. The molecule has 1 fully saturated rings. The number of rotatable bonds is 5. The van der Waals surface area contributed by atoms with Gasteiger partial charge in [0, 0.05) is 48.8 Å². The summed E-state index contributed by atoms with van der Waals surface area (Å²) < 4.78 is 7.76. The molecule has 6 heterocycles. The van der Waals surface area contributed by atoms with Crippen LogP contribution in [0.3, 0.4) is 0 Å². The van der Waals surface area contributed by atoms with E-state index in [9.17, 15) is 4.79 Å². The van der Waals surface area contributed by atoms with Gasteiger partial charge in [0.05, 0.1) is 59.0 Å². The number of aromatic amines is 1. The third-order valence-corrected chi connectivity index (χ3v) is 7.47. The lowest BCUT2D eigenvalue weighted by Gasteiger charge is -2.31. The van der Waals surface area contributed by atoms with Gasteiger partial charge in [-0.25, -0.2) is 15.0 Å². The first-order chi connectivity index (χ1) is 19.4. The van der Waals surface area contributed by atoms with Gasteiger partial charge in [0.2, 0.25) is 0 Å². The van der Waals surface area contributed by atoms with Gasteiger partial charge in [-0.1, -0.05) is 12.1 Å². The number of fused-ring (bicyclic) bond motifs is 4. The van der Waals surface area contributed by atoms with Gasteiger partial charge in [-0.3, -0.25) is 9.48 Å². The van der Waals surface area contributed by atoms with Crippen LogP contribution in [-0.4, -0.2) is 50.0 Å². The molecule has 4 aromatic heterocycles. The molecular weight excluding hydrogens is 506 g/mol. The summed E-state index contributed by atoms with van der Waals surface area (Å²) in [6.45, 7) is 5.96. The van der Waals surface area contributed by atoms with Crippen LogP contribution in [0.15, 0.2) is 53.6 Å². The van der Waals surface area contributed by atoms with E-state index in [0.717, 1.165) is 41.2 Å². The Morgan fingerprint density at radius 3 is 2.73 bits per heavy atom.